The van der Waals surface area contributed by atoms with E-state index in [1.54, 1.807) is 4.90 Å². The monoisotopic (exact) mass is 487 g/mol. The first-order chi connectivity index (χ1) is 17.0. The van der Waals surface area contributed by atoms with E-state index in [2.05, 4.69) is 4.98 Å². The number of hydrogen-bond acceptors (Lipinski definition) is 6. The molecule has 5 rings (SSSR count). The molecule has 0 saturated heterocycles. The lowest BCUT2D eigenvalue weighted by molar-refractivity contribution is -0.148. The van der Waals surface area contributed by atoms with Gasteiger partial charge >= 0.3 is 5.97 Å². The highest BCUT2D eigenvalue weighted by atomic mass is 32.1. The van der Waals surface area contributed by atoms with E-state index in [1.807, 2.05) is 60.8 Å². The van der Waals surface area contributed by atoms with Crippen LogP contribution in [0.4, 0.5) is 5.69 Å². The van der Waals surface area contributed by atoms with E-state index in [-0.39, 0.29) is 31.0 Å². The van der Waals surface area contributed by atoms with Crippen molar-refractivity contribution in [1.82, 2.24) is 9.55 Å². The quantitative estimate of drug-likeness (QED) is 0.378. The molecule has 2 aromatic heterocycles. The summed E-state index contributed by atoms with van der Waals surface area (Å²) in [7, 11) is 0. The standard InChI is InChI=1S/C27H25N3O4S/c1-18-8-10-19(11-9-18)21-16-35-26-25(21)27(33)29(17-28-26)14-12-24(32)34-15-23(31)30-13-4-6-20-5-2-3-7-22(20)30/h2-3,5,7-11,16-17H,4,6,12-15H2,1H3. The van der Waals surface area contributed by atoms with Crippen molar-refractivity contribution in [3.05, 3.63) is 81.7 Å². The first kappa shape index (κ1) is 23.0. The highest BCUT2D eigenvalue weighted by Gasteiger charge is 2.23. The van der Waals surface area contributed by atoms with Crippen LogP contribution < -0.4 is 10.5 Å². The zero-order valence-electron chi connectivity index (χ0n) is 19.4. The number of esters is 1. The fraction of sp³-hybridized carbons (Fsp3) is 0.259. The van der Waals surface area contributed by atoms with Crippen molar-refractivity contribution in [3.8, 4) is 11.1 Å². The van der Waals surface area contributed by atoms with Gasteiger partial charge in [0, 0.05) is 29.7 Å². The molecule has 35 heavy (non-hydrogen) atoms. The van der Waals surface area contributed by atoms with Crippen molar-refractivity contribution in [1.29, 1.82) is 0 Å². The third kappa shape index (κ3) is 4.74. The molecule has 7 nitrogen and oxygen atoms in total. The van der Waals surface area contributed by atoms with E-state index in [4.69, 9.17) is 4.74 Å². The van der Waals surface area contributed by atoms with Crippen LogP contribution in [0.2, 0.25) is 0 Å². The maximum atomic E-state index is 13.2. The van der Waals surface area contributed by atoms with Gasteiger partial charge < -0.3 is 9.64 Å². The highest BCUT2D eigenvalue weighted by molar-refractivity contribution is 7.17. The Kier molecular flexibility index (Phi) is 6.46. The molecule has 0 N–H and O–H groups in total. The van der Waals surface area contributed by atoms with E-state index in [9.17, 15) is 14.4 Å². The predicted molar refractivity (Wildman–Crippen MR) is 137 cm³/mol. The average molecular weight is 488 g/mol. The van der Waals surface area contributed by atoms with Gasteiger partial charge in [-0.05, 0) is 37.0 Å². The zero-order chi connectivity index (χ0) is 24.4. The summed E-state index contributed by atoms with van der Waals surface area (Å²) < 4.78 is 6.67. The molecule has 0 spiro atoms. The summed E-state index contributed by atoms with van der Waals surface area (Å²) in [5, 5.41) is 2.49. The number of ether oxygens (including phenoxy) is 1. The molecule has 8 heteroatoms. The number of rotatable bonds is 6. The Morgan fingerprint density at radius 1 is 1.11 bits per heavy atom. The van der Waals surface area contributed by atoms with Crippen molar-refractivity contribution in [2.75, 3.05) is 18.1 Å². The van der Waals surface area contributed by atoms with Gasteiger partial charge in [0.25, 0.3) is 11.5 Å². The summed E-state index contributed by atoms with van der Waals surface area (Å²) in [5.41, 5.74) is 4.75. The maximum Gasteiger partial charge on any atom is 0.308 e. The molecular formula is C27H25N3O4S. The van der Waals surface area contributed by atoms with Gasteiger partial charge in [-0.15, -0.1) is 11.3 Å². The molecule has 0 aliphatic carbocycles. The Morgan fingerprint density at radius 2 is 1.91 bits per heavy atom. The number of thiophene rings is 1. The number of hydrogen-bond donors (Lipinski definition) is 0. The number of anilines is 1. The van der Waals surface area contributed by atoms with Gasteiger partial charge in [0.05, 0.1) is 18.1 Å². The van der Waals surface area contributed by atoms with Gasteiger partial charge in [0.15, 0.2) is 6.61 Å². The normalized spacial score (nSPS) is 13.0. The fourth-order valence-electron chi connectivity index (χ4n) is 4.37. The van der Waals surface area contributed by atoms with Crippen molar-refractivity contribution < 1.29 is 14.3 Å². The number of fused-ring (bicyclic) bond motifs is 2. The molecule has 3 heterocycles. The molecule has 0 saturated carbocycles. The number of benzene rings is 2. The number of para-hydroxylation sites is 1. The minimum atomic E-state index is -0.528. The van der Waals surface area contributed by atoms with Crippen LogP contribution >= 0.6 is 11.3 Å². The zero-order valence-corrected chi connectivity index (χ0v) is 20.2. The molecule has 0 bridgehead atoms. The summed E-state index contributed by atoms with van der Waals surface area (Å²) in [6.45, 7) is 2.44. The second kappa shape index (κ2) is 9.84. The van der Waals surface area contributed by atoms with Gasteiger partial charge in [-0.3, -0.25) is 19.0 Å². The third-order valence-corrected chi connectivity index (χ3v) is 7.13. The van der Waals surface area contributed by atoms with Crippen molar-refractivity contribution in [2.24, 2.45) is 0 Å². The molecule has 0 fully saturated rings. The van der Waals surface area contributed by atoms with Gasteiger partial charge in [0.1, 0.15) is 4.83 Å². The number of carbonyl (C=O) groups excluding carboxylic acids is 2. The second-order valence-electron chi connectivity index (χ2n) is 8.63. The molecule has 0 atom stereocenters. The number of carbonyl (C=O) groups is 2. The smallest absolute Gasteiger partial charge is 0.308 e. The maximum absolute atomic E-state index is 13.2. The van der Waals surface area contributed by atoms with Crippen LogP contribution in [-0.4, -0.2) is 34.6 Å². The van der Waals surface area contributed by atoms with Crippen LogP contribution in [0.5, 0.6) is 0 Å². The van der Waals surface area contributed by atoms with Crippen LogP contribution in [0, 0.1) is 6.92 Å². The van der Waals surface area contributed by atoms with Crippen LogP contribution in [0.1, 0.15) is 24.0 Å². The minimum absolute atomic E-state index is 0.0268. The van der Waals surface area contributed by atoms with E-state index >= 15 is 0 Å². The SMILES string of the molecule is Cc1ccc(-c2csc3ncn(CCC(=O)OCC(=O)N4CCCc5ccccc54)c(=O)c23)cc1. The van der Waals surface area contributed by atoms with E-state index in [0.717, 1.165) is 40.8 Å². The second-order valence-corrected chi connectivity index (χ2v) is 9.49. The van der Waals surface area contributed by atoms with Gasteiger partial charge in [-0.25, -0.2) is 4.98 Å². The van der Waals surface area contributed by atoms with Crippen LogP contribution in [0.25, 0.3) is 21.3 Å². The minimum Gasteiger partial charge on any atom is -0.455 e. The van der Waals surface area contributed by atoms with E-state index < -0.39 is 5.97 Å². The Hall–Kier alpha value is -3.78. The first-order valence-electron chi connectivity index (χ1n) is 11.6. The van der Waals surface area contributed by atoms with Gasteiger partial charge in [0.2, 0.25) is 0 Å². The Bertz CT molecular complexity index is 1460. The van der Waals surface area contributed by atoms with Crippen molar-refractivity contribution in [3.63, 3.8) is 0 Å². The molecule has 1 aliphatic rings. The Balaban J connectivity index is 1.24. The number of aryl methyl sites for hydroxylation is 3. The van der Waals surface area contributed by atoms with Crippen LogP contribution in [0.15, 0.2) is 65.0 Å². The average Bonchev–Trinajstić information content (AvgIpc) is 3.32. The molecule has 0 unspecified atom stereocenters. The van der Waals surface area contributed by atoms with E-state index in [0.29, 0.717) is 16.8 Å². The predicted octanol–water partition coefficient (Wildman–Crippen LogP) is 4.35. The topological polar surface area (TPSA) is 81.5 Å². The molecule has 1 aliphatic heterocycles. The molecular weight excluding hydrogens is 462 g/mol. The lowest BCUT2D eigenvalue weighted by Gasteiger charge is -2.29. The summed E-state index contributed by atoms with van der Waals surface area (Å²) >= 11 is 1.42. The largest absolute Gasteiger partial charge is 0.455 e. The Morgan fingerprint density at radius 3 is 2.74 bits per heavy atom. The van der Waals surface area contributed by atoms with Crippen molar-refractivity contribution >= 4 is 39.1 Å². The number of aromatic nitrogens is 2. The number of amides is 1. The molecule has 2 aromatic carbocycles. The fourth-order valence-corrected chi connectivity index (χ4v) is 5.28. The summed E-state index contributed by atoms with van der Waals surface area (Å²) in [4.78, 5) is 45.0. The summed E-state index contributed by atoms with van der Waals surface area (Å²) in [6.07, 6.45) is 3.25. The molecule has 1 amide bonds. The molecule has 178 valence electrons. The lowest BCUT2D eigenvalue weighted by Crippen LogP contribution is -2.38. The third-order valence-electron chi connectivity index (χ3n) is 6.25. The summed E-state index contributed by atoms with van der Waals surface area (Å²) in [6, 6.07) is 15.8. The van der Waals surface area contributed by atoms with Crippen LogP contribution in [-0.2, 0) is 27.3 Å². The first-order valence-corrected chi connectivity index (χ1v) is 12.5. The summed E-state index contributed by atoms with van der Waals surface area (Å²) in [5.74, 6) is -0.772. The van der Waals surface area contributed by atoms with Crippen LogP contribution in [0.3, 0.4) is 0 Å². The lowest BCUT2D eigenvalue weighted by atomic mass is 10.0. The van der Waals surface area contributed by atoms with Crippen molar-refractivity contribution in [2.45, 2.75) is 32.7 Å². The van der Waals surface area contributed by atoms with Gasteiger partial charge in [-0.2, -0.15) is 0 Å². The van der Waals surface area contributed by atoms with E-state index in [1.165, 1.54) is 22.2 Å². The Labute approximate surface area is 206 Å². The molecule has 0 radical (unpaired) electrons. The highest BCUT2D eigenvalue weighted by Crippen LogP contribution is 2.31. The molecule has 4 aromatic rings. The van der Waals surface area contributed by atoms with Gasteiger partial charge in [-0.1, -0.05) is 48.0 Å². The number of nitrogens with zero attached hydrogens (tertiary/aromatic N) is 3.